The first-order valence-corrected chi connectivity index (χ1v) is 6.93. The summed E-state index contributed by atoms with van der Waals surface area (Å²) in [5, 5.41) is 8.17. The summed E-state index contributed by atoms with van der Waals surface area (Å²) in [5.74, 6) is -15.8. The van der Waals surface area contributed by atoms with Crippen LogP contribution < -0.4 is 0 Å². The molecule has 0 radical (unpaired) electrons. The molecule has 0 aliphatic rings. The predicted molar refractivity (Wildman–Crippen MR) is 60.7 cm³/mol. The zero-order chi connectivity index (χ0) is 25.3. The Bertz CT molecular complexity index is 589. The van der Waals surface area contributed by atoms with Gasteiger partial charge in [-0.15, -0.1) is 0 Å². The van der Waals surface area contributed by atoms with Gasteiger partial charge in [-0.2, -0.15) is 65.9 Å². The van der Waals surface area contributed by atoms with Crippen LogP contribution in [0.4, 0.5) is 70.2 Å². The number of ether oxygens (including phenoxy) is 3. The SMILES string of the molecule is OCC(F)COCC(F)(F)OC(F)(F)C(F)(F)OC(F)(F)C(F)(F)C(F)(F)C(F)(F)F. The molecule has 0 aromatic heterocycles. The normalized spacial score (nSPS) is 16.5. The number of hydrogen-bond donors (Lipinski definition) is 1. The number of hydrogen-bond acceptors (Lipinski definition) is 4. The fourth-order valence-corrected chi connectivity index (χ4v) is 1.28. The van der Waals surface area contributed by atoms with Crippen molar-refractivity contribution in [3.05, 3.63) is 0 Å². The largest absolute Gasteiger partial charge is 0.460 e. The second-order valence-corrected chi connectivity index (χ2v) is 5.33. The van der Waals surface area contributed by atoms with Crippen LogP contribution in [-0.4, -0.2) is 73.6 Å². The molecule has 0 aromatic carbocycles. The Labute approximate surface area is 159 Å². The molecule has 0 aliphatic carbocycles. The molecule has 1 unspecified atom stereocenters. The van der Waals surface area contributed by atoms with Crippen LogP contribution in [0.2, 0.25) is 0 Å². The van der Waals surface area contributed by atoms with Crippen molar-refractivity contribution in [2.24, 2.45) is 0 Å². The van der Waals surface area contributed by atoms with Gasteiger partial charge in [0.05, 0.1) is 13.2 Å². The molecule has 0 spiro atoms. The third-order valence-corrected chi connectivity index (χ3v) is 2.76. The number of rotatable bonds is 12. The molecule has 31 heavy (non-hydrogen) atoms. The lowest BCUT2D eigenvalue weighted by molar-refractivity contribution is -0.543. The van der Waals surface area contributed by atoms with Gasteiger partial charge in [0.15, 0.2) is 0 Å². The third-order valence-electron chi connectivity index (χ3n) is 2.76. The summed E-state index contributed by atoms with van der Waals surface area (Å²) in [7, 11) is 0. The Morgan fingerprint density at radius 2 is 1.03 bits per heavy atom. The Morgan fingerprint density at radius 1 is 0.613 bits per heavy atom. The zero-order valence-corrected chi connectivity index (χ0v) is 13.9. The van der Waals surface area contributed by atoms with Crippen molar-refractivity contribution in [1.29, 1.82) is 0 Å². The van der Waals surface area contributed by atoms with Crippen molar-refractivity contribution in [2.75, 3.05) is 19.8 Å². The summed E-state index contributed by atoms with van der Waals surface area (Å²) in [6, 6.07) is 0. The fraction of sp³-hybridized carbons (Fsp3) is 1.00. The first kappa shape index (κ1) is 29.7. The molecule has 1 N–H and O–H groups in total. The number of aliphatic hydroxyl groups is 1. The Morgan fingerprint density at radius 3 is 1.42 bits per heavy atom. The summed E-state index contributed by atoms with van der Waals surface area (Å²) < 4.78 is 210. The highest BCUT2D eigenvalue weighted by atomic mass is 19.4. The molecule has 4 nitrogen and oxygen atoms in total. The summed E-state index contributed by atoms with van der Waals surface area (Å²) in [6.07, 6.45) is -37.7. The standard InChI is InChI=1S/C11H8F16O4/c12-4(1-28)2-29-3-5(13,14)30-10(24,25)11(26,27)31-9(22,23)7(17,18)6(15,16)8(19,20)21/h4,28H,1-3H2. The monoisotopic (exact) mass is 508 g/mol. The Balaban J connectivity index is 5.60. The summed E-state index contributed by atoms with van der Waals surface area (Å²) in [6.45, 7) is -5.34. The van der Waals surface area contributed by atoms with Gasteiger partial charge in [0.2, 0.25) is 0 Å². The Kier molecular flexibility index (Phi) is 8.56. The van der Waals surface area contributed by atoms with Gasteiger partial charge in [-0.25, -0.2) is 13.9 Å². The second kappa shape index (κ2) is 8.93. The summed E-state index contributed by atoms with van der Waals surface area (Å²) in [4.78, 5) is 0. The van der Waals surface area contributed by atoms with E-state index in [1.807, 2.05) is 0 Å². The van der Waals surface area contributed by atoms with E-state index in [9.17, 15) is 70.2 Å². The van der Waals surface area contributed by atoms with Gasteiger partial charge in [-0.1, -0.05) is 0 Å². The lowest BCUT2D eigenvalue weighted by Crippen LogP contribution is -2.64. The van der Waals surface area contributed by atoms with Crippen LogP contribution >= 0.6 is 0 Å². The van der Waals surface area contributed by atoms with Gasteiger partial charge in [-0.05, 0) is 0 Å². The van der Waals surface area contributed by atoms with E-state index < -0.39 is 68.4 Å². The van der Waals surface area contributed by atoms with Crippen LogP contribution in [0.5, 0.6) is 0 Å². The predicted octanol–water partition coefficient (Wildman–Crippen LogP) is 4.57. The molecule has 0 fully saturated rings. The highest BCUT2D eigenvalue weighted by molar-refractivity contribution is 4.97. The lowest BCUT2D eigenvalue weighted by Gasteiger charge is -2.36. The van der Waals surface area contributed by atoms with E-state index in [2.05, 4.69) is 9.47 Å². The van der Waals surface area contributed by atoms with E-state index in [0.29, 0.717) is 0 Å². The van der Waals surface area contributed by atoms with Crippen molar-refractivity contribution < 1.29 is 89.6 Å². The smallest absolute Gasteiger partial charge is 0.393 e. The average molecular weight is 508 g/mol. The molecule has 0 aromatic rings. The van der Waals surface area contributed by atoms with Crippen LogP contribution in [0, 0.1) is 0 Å². The van der Waals surface area contributed by atoms with Crippen molar-refractivity contribution >= 4 is 0 Å². The van der Waals surface area contributed by atoms with Crippen molar-refractivity contribution in [2.45, 2.75) is 48.6 Å². The molecule has 188 valence electrons. The number of halogens is 16. The molecule has 0 rings (SSSR count). The third kappa shape index (κ3) is 6.60. The summed E-state index contributed by atoms with van der Waals surface area (Å²) in [5.41, 5.74) is 0. The molecule has 0 bridgehead atoms. The van der Waals surface area contributed by atoms with Crippen molar-refractivity contribution in [3.63, 3.8) is 0 Å². The maximum absolute atomic E-state index is 13.1. The molecule has 0 saturated heterocycles. The van der Waals surface area contributed by atoms with Gasteiger partial charge < -0.3 is 9.84 Å². The molecule has 0 heterocycles. The van der Waals surface area contributed by atoms with E-state index >= 15 is 0 Å². The Hall–Kier alpha value is -1.28. The molecular formula is C11H8F16O4. The van der Waals surface area contributed by atoms with E-state index in [-0.39, 0.29) is 0 Å². The minimum absolute atomic E-state index is 1.35. The maximum Gasteiger partial charge on any atom is 0.460 e. The lowest BCUT2D eigenvalue weighted by atomic mass is 10.1. The van der Waals surface area contributed by atoms with Crippen molar-refractivity contribution in [1.82, 2.24) is 0 Å². The van der Waals surface area contributed by atoms with Gasteiger partial charge in [0, 0.05) is 0 Å². The van der Waals surface area contributed by atoms with Gasteiger partial charge in [0.25, 0.3) is 0 Å². The number of alkyl halides is 16. The quantitative estimate of drug-likeness (QED) is 0.393. The van der Waals surface area contributed by atoms with E-state index in [4.69, 9.17) is 5.11 Å². The molecule has 0 aliphatic heterocycles. The summed E-state index contributed by atoms with van der Waals surface area (Å²) >= 11 is 0. The molecule has 20 heteroatoms. The average Bonchev–Trinajstić information content (AvgIpc) is 2.50. The van der Waals surface area contributed by atoms with E-state index in [1.165, 1.54) is 4.74 Å². The van der Waals surface area contributed by atoms with Gasteiger partial charge >= 0.3 is 42.5 Å². The highest BCUT2D eigenvalue weighted by Crippen LogP contribution is 2.55. The van der Waals surface area contributed by atoms with Crippen molar-refractivity contribution in [3.8, 4) is 0 Å². The van der Waals surface area contributed by atoms with Crippen LogP contribution in [-0.2, 0) is 14.2 Å². The van der Waals surface area contributed by atoms with E-state index in [0.717, 1.165) is 0 Å². The first-order chi connectivity index (χ1) is 13.4. The fourth-order valence-electron chi connectivity index (χ4n) is 1.28. The first-order valence-electron chi connectivity index (χ1n) is 6.93. The minimum atomic E-state index is -7.94. The van der Waals surface area contributed by atoms with Crippen LogP contribution in [0.25, 0.3) is 0 Å². The van der Waals surface area contributed by atoms with Crippen LogP contribution in [0.1, 0.15) is 0 Å². The highest BCUT2D eigenvalue weighted by Gasteiger charge is 2.85. The van der Waals surface area contributed by atoms with Crippen LogP contribution in [0.15, 0.2) is 0 Å². The van der Waals surface area contributed by atoms with E-state index in [1.54, 1.807) is 0 Å². The second-order valence-electron chi connectivity index (χ2n) is 5.33. The topological polar surface area (TPSA) is 47.9 Å². The van der Waals surface area contributed by atoms with Gasteiger partial charge in [-0.3, -0.25) is 0 Å². The van der Waals surface area contributed by atoms with Gasteiger partial charge in [0.1, 0.15) is 12.8 Å². The molecular weight excluding hydrogens is 500 g/mol. The molecule has 1 atom stereocenters. The zero-order valence-electron chi connectivity index (χ0n) is 13.9. The number of aliphatic hydroxyl groups excluding tert-OH is 1. The maximum atomic E-state index is 13.1. The molecule has 0 amide bonds. The minimum Gasteiger partial charge on any atom is -0.393 e. The molecule has 0 saturated carbocycles. The van der Waals surface area contributed by atoms with Crippen LogP contribution in [0.3, 0.4) is 0 Å².